The minimum atomic E-state index is -0.291. The van der Waals surface area contributed by atoms with Gasteiger partial charge in [-0.1, -0.05) is 6.07 Å². The van der Waals surface area contributed by atoms with E-state index in [1.165, 1.54) is 13.5 Å². The highest BCUT2D eigenvalue weighted by Crippen LogP contribution is 2.19. The number of piperazine rings is 1. The molecule has 6 heteroatoms. The van der Waals surface area contributed by atoms with Gasteiger partial charge in [-0.2, -0.15) is 0 Å². The van der Waals surface area contributed by atoms with Crippen LogP contribution in [0.15, 0.2) is 18.2 Å². The van der Waals surface area contributed by atoms with Crippen LogP contribution in [-0.4, -0.2) is 69.1 Å². The molecule has 0 bridgehead atoms. The minimum Gasteiger partial charge on any atom is -0.494 e. The smallest absolute Gasteiger partial charge is 0.165 e. The maximum Gasteiger partial charge on any atom is 0.165 e. The molecule has 2 fully saturated rings. The first kappa shape index (κ1) is 18.6. The Morgan fingerprint density at radius 1 is 1.16 bits per heavy atom. The van der Waals surface area contributed by atoms with Gasteiger partial charge in [0, 0.05) is 45.9 Å². The highest BCUT2D eigenvalue weighted by molar-refractivity contribution is 5.29. The molecule has 1 unspecified atom stereocenters. The molecule has 0 aromatic heterocycles. The number of hydrogen-bond donors (Lipinski definition) is 0. The predicted molar refractivity (Wildman–Crippen MR) is 94.2 cm³/mol. The Bertz CT molecular complexity index is 529. The zero-order chi connectivity index (χ0) is 17.5. The first-order chi connectivity index (χ1) is 12.2. The summed E-state index contributed by atoms with van der Waals surface area (Å²) in [6, 6.07) is 5.21. The lowest BCUT2D eigenvalue weighted by atomic mass is 10.2. The maximum absolute atomic E-state index is 13.8. The van der Waals surface area contributed by atoms with Crippen molar-refractivity contribution < 1.29 is 18.6 Å². The van der Waals surface area contributed by atoms with Crippen molar-refractivity contribution in [3.05, 3.63) is 29.6 Å². The van der Waals surface area contributed by atoms with Crippen molar-refractivity contribution in [3.8, 4) is 5.75 Å². The summed E-state index contributed by atoms with van der Waals surface area (Å²) in [5, 5.41) is 0. The average Bonchev–Trinajstić information content (AvgIpc) is 2.64. The molecular weight excluding hydrogens is 323 g/mol. The van der Waals surface area contributed by atoms with E-state index in [1.807, 2.05) is 6.07 Å². The summed E-state index contributed by atoms with van der Waals surface area (Å²) in [5.74, 6) is 0.0104. The van der Waals surface area contributed by atoms with E-state index in [0.717, 1.165) is 70.9 Å². The topological polar surface area (TPSA) is 34.2 Å². The maximum atomic E-state index is 13.8. The van der Waals surface area contributed by atoms with Crippen LogP contribution in [-0.2, 0) is 16.0 Å². The molecule has 0 saturated carbocycles. The van der Waals surface area contributed by atoms with Crippen molar-refractivity contribution in [2.24, 2.45) is 0 Å². The van der Waals surface area contributed by atoms with Gasteiger partial charge in [-0.15, -0.1) is 0 Å². The minimum absolute atomic E-state index is 0.00000695. The van der Waals surface area contributed by atoms with E-state index in [1.54, 1.807) is 12.1 Å². The lowest BCUT2D eigenvalue weighted by Crippen LogP contribution is -2.47. The molecule has 2 heterocycles. The molecule has 2 aliphatic heterocycles. The van der Waals surface area contributed by atoms with Crippen LogP contribution in [0.5, 0.6) is 5.75 Å². The van der Waals surface area contributed by atoms with Gasteiger partial charge >= 0.3 is 0 Å². The van der Waals surface area contributed by atoms with E-state index in [4.69, 9.17) is 14.2 Å². The van der Waals surface area contributed by atoms with E-state index < -0.39 is 0 Å². The van der Waals surface area contributed by atoms with Gasteiger partial charge in [0.05, 0.1) is 13.7 Å². The van der Waals surface area contributed by atoms with Crippen LogP contribution in [0.1, 0.15) is 24.8 Å². The Balaban J connectivity index is 1.34. The molecule has 5 nitrogen and oxygen atoms in total. The quantitative estimate of drug-likeness (QED) is 0.753. The van der Waals surface area contributed by atoms with Gasteiger partial charge < -0.3 is 14.2 Å². The summed E-state index contributed by atoms with van der Waals surface area (Å²) in [6.45, 7) is 7.32. The molecule has 1 aromatic rings. The van der Waals surface area contributed by atoms with Crippen molar-refractivity contribution in [1.82, 2.24) is 9.80 Å². The van der Waals surface area contributed by atoms with E-state index in [0.29, 0.717) is 5.75 Å². The molecule has 140 valence electrons. The predicted octanol–water partition coefficient (Wildman–Crippen LogP) is 2.50. The fourth-order valence-electron chi connectivity index (χ4n) is 3.39. The normalized spacial score (nSPS) is 22.9. The van der Waals surface area contributed by atoms with Crippen molar-refractivity contribution in [2.75, 3.05) is 53.0 Å². The second kappa shape index (κ2) is 9.48. The summed E-state index contributed by atoms with van der Waals surface area (Å²) < 4.78 is 30.2. The fourth-order valence-corrected chi connectivity index (χ4v) is 3.39. The lowest BCUT2D eigenvalue weighted by Gasteiger charge is -2.35. The molecule has 0 radical (unpaired) electrons. The molecule has 2 aliphatic rings. The average molecular weight is 352 g/mol. The van der Waals surface area contributed by atoms with Crippen molar-refractivity contribution in [1.29, 1.82) is 0 Å². The van der Waals surface area contributed by atoms with Crippen LogP contribution in [0.4, 0.5) is 4.39 Å². The number of halogens is 1. The van der Waals surface area contributed by atoms with Gasteiger partial charge in [-0.25, -0.2) is 4.39 Å². The number of methoxy groups -OCH3 is 1. The fraction of sp³-hybridized carbons (Fsp3) is 0.684. The van der Waals surface area contributed by atoms with Crippen LogP contribution < -0.4 is 4.74 Å². The van der Waals surface area contributed by atoms with E-state index >= 15 is 0 Å². The highest BCUT2D eigenvalue weighted by atomic mass is 19.1. The van der Waals surface area contributed by atoms with Crippen LogP contribution in [0.25, 0.3) is 0 Å². The van der Waals surface area contributed by atoms with Gasteiger partial charge in [0.15, 0.2) is 17.9 Å². The van der Waals surface area contributed by atoms with Crippen LogP contribution in [0.3, 0.4) is 0 Å². The second-order valence-electron chi connectivity index (χ2n) is 6.75. The van der Waals surface area contributed by atoms with Gasteiger partial charge in [0.2, 0.25) is 0 Å². The number of rotatable bonds is 7. The zero-order valence-corrected chi connectivity index (χ0v) is 15.1. The van der Waals surface area contributed by atoms with E-state index in [-0.39, 0.29) is 12.1 Å². The summed E-state index contributed by atoms with van der Waals surface area (Å²) in [6.07, 6.45) is 3.38. The standard InChI is InChI=1S/C19H29FN2O3/c1-23-18-6-5-16(14-17(18)20)15-22-9-7-21(8-10-22)11-13-25-19-4-2-3-12-24-19/h5-6,14,19H,2-4,7-13,15H2,1H3. The monoisotopic (exact) mass is 352 g/mol. The van der Waals surface area contributed by atoms with Gasteiger partial charge in [0.1, 0.15) is 0 Å². The molecule has 0 amide bonds. The molecular formula is C19H29FN2O3. The van der Waals surface area contributed by atoms with Crippen LogP contribution in [0.2, 0.25) is 0 Å². The van der Waals surface area contributed by atoms with Gasteiger partial charge in [-0.3, -0.25) is 9.80 Å². The number of hydrogen-bond acceptors (Lipinski definition) is 5. The summed E-state index contributed by atoms with van der Waals surface area (Å²) in [7, 11) is 1.49. The van der Waals surface area contributed by atoms with E-state index in [9.17, 15) is 4.39 Å². The number of nitrogens with zero attached hydrogens (tertiary/aromatic N) is 2. The Morgan fingerprint density at radius 3 is 2.64 bits per heavy atom. The molecule has 25 heavy (non-hydrogen) atoms. The summed E-state index contributed by atoms with van der Waals surface area (Å²) in [5.41, 5.74) is 0.990. The van der Waals surface area contributed by atoms with E-state index in [2.05, 4.69) is 9.80 Å². The first-order valence-corrected chi connectivity index (χ1v) is 9.25. The lowest BCUT2D eigenvalue weighted by molar-refractivity contribution is -0.164. The second-order valence-corrected chi connectivity index (χ2v) is 6.75. The third kappa shape index (κ3) is 5.64. The van der Waals surface area contributed by atoms with Crippen molar-refractivity contribution in [3.63, 3.8) is 0 Å². The van der Waals surface area contributed by atoms with Crippen molar-refractivity contribution in [2.45, 2.75) is 32.1 Å². The third-order valence-electron chi connectivity index (χ3n) is 4.94. The number of benzene rings is 1. The summed E-state index contributed by atoms with van der Waals surface area (Å²) >= 11 is 0. The molecule has 3 rings (SSSR count). The largest absolute Gasteiger partial charge is 0.494 e. The van der Waals surface area contributed by atoms with Gasteiger partial charge in [0.25, 0.3) is 0 Å². The Kier molecular flexibility index (Phi) is 7.04. The van der Waals surface area contributed by atoms with Gasteiger partial charge in [-0.05, 0) is 37.0 Å². The molecule has 0 spiro atoms. The third-order valence-corrected chi connectivity index (χ3v) is 4.94. The molecule has 1 atom stereocenters. The zero-order valence-electron chi connectivity index (χ0n) is 15.1. The number of ether oxygens (including phenoxy) is 3. The van der Waals surface area contributed by atoms with Crippen molar-refractivity contribution >= 4 is 0 Å². The Labute approximate surface area is 149 Å². The molecule has 0 N–H and O–H groups in total. The summed E-state index contributed by atoms with van der Waals surface area (Å²) in [4.78, 5) is 4.79. The van der Waals surface area contributed by atoms with Crippen LogP contribution >= 0.6 is 0 Å². The SMILES string of the molecule is COc1ccc(CN2CCN(CCOC3CCCCO3)CC2)cc1F. The molecule has 0 aliphatic carbocycles. The first-order valence-electron chi connectivity index (χ1n) is 9.25. The molecule has 2 saturated heterocycles. The Morgan fingerprint density at radius 2 is 1.96 bits per heavy atom. The highest BCUT2D eigenvalue weighted by Gasteiger charge is 2.19. The molecule has 1 aromatic carbocycles. The van der Waals surface area contributed by atoms with Crippen LogP contribution in [0, 0.1) is 5.82 Å². The Hall–Kier alpha value is -1.21.